The molecule has 0 bridgehead atoms. The van der Waals surface area contributed by atoms with Crippen LogP contribution in [0.2, 0.25) is 0 Å². The molecule has 5 nitrogen and oxygen atoms in total. The second-order valence-corrected chi connectivity index (χ2v) is 4.73. The van der Waals surface area contributed by atoms with Crippen LogP contribution in [0.1, 0.15) is 24.2 Å². The predicted octanol–water partition coefficient (Wildman–Crippen LogP) is 0.246. The van der Waals surface area contributed by atoms with Crippen LogP contribution < -0.4 is 15.7 Å². The van der Waals surface area contributed by atoms with Gasteiger partial charge in [0.15, 0.2) is 0 Å². The Morgan fingerprint density at radius 1 is 1.39 bits per heavy atom. The lowest BCUT2D eigenvalue weighted by Crippen LogP contribution is -2.46. The van der Waals surface area contributed by atoms with E-state index in [4.69, 9.17) is 10.5 Å². The molecule has 18 heavy (non-hydrogen) atoms. The van der Waals surface area contributed by atoms with Gasteiger partial charge in [0.05, 0.1) is 18.2 Å². The number of hydrogen-bond donors (Lipinski definition) is 1. The zero-order valence-corrected chi connectivity index (χ0v) is 10.6. The third kappa shape index (κ3) is 2.56. The molecule has 5 heteroatoms. The molecule has 1 aliphatic rings. The normalized spacial score (nSPS) is 24.0. The first-order chi connectivity index (χ1) is 8.47. The minimum atomic E-state index is -1.20. The number of carbonyl (C=O) groups excluding carboxylic acids is 1. The number of benzene rings is 1. The van der Waals surface area contributed by atoms with E-state index in [-0.39, 0.29) is 17.8 Å². The van der Waals surface area contributed by atoms with Gasteiger partial charge in [0, 0.05) is 30.0 Å². The van der Waals surface area contributed by atoms with Crippen LogP contribution in [0.4, 0.5) is 11.4 Å². The average Bonchev–Trinajstić information content (AvgIpc) is 2.27. The Kier molecular flexibility index (Phi) is 3.43. The van der Waals surface area contributed by atoms with Crippen LogP contribution in [0, 0.1) is 0 Å². The lowest BCUT2D eigenvalue weighted by Gasteiger charge is -2.38. The van der Waals surface area contributed by atoms with Gasteiger partial charge in [-0.3, -0.25) is 0 Å². The molecule has 0 radical (unpaired) electrons. The minimum absolute atomic E-state index is 0.0703. The molecule has 0 aliphatic carbocycles. The molecule has 2 rings (SSSR count). The van der Waals surface area contributed by atoms with Gasteiger partial charge in [-0.05, 0) is 32.0 Å². The van der Waals surface area contributed by atoms with Crippen LogP contribution in [0.25, 0.3) is 0 Å². The van der Waals surface area contributed by atoms with Crippen molar-refractivity contribution < 1.29 is 14.6 Å². The first-order valence-electron chi connectivity index (χ1n) is 5.98. The predicted molar refractivity (Wildman–Crippen MR) is 67.4 cm³/mol. The number of ether oxygens (including phenoxy) is 1. The van der Waals surface area contributed by atoms with Gasteiger partial charge in [0.2, 0.25) is 0 Å². The number of morpholine rings is 1. The second kappa shape index (κ2) is 4.86. The zero-order valence-electron chi connectivity index (χ0n) is 10.6. The Labute approximate surface area is 106 Å². The summed E-state index contributed by atoms with van der Waals surface area (Å²) in [4.78, 5) is 13.2. The summed E-state index contributed by atoms with van der Waals surface area (Å²) in [6.07, 6.45) is 0.141. The van der Waals surface area contributed by atoms with E-state index in [1.807, 2.05) is 18.7 Å². The summed E-state index contributed by atoms with van der Waals surface area (Å²) < 4.78 is 5.63. The number of carboxylic acids is 1. The molecule has 1 saturated heterocycles. The monoisotopic (exact) mass is 249 g/mol. The van der Waals surface area contributed by atoms with Crippen molar-refractivity contribution in [3.8, 4) is 0 Å². The maximum absolute atomic E-state index is 11.2. The first-order valence-corrected chi connectivity index (χ1v) is 5.98. The van der Waals surface area contributed by atoms with Crippen molar-refractivity contribution >= 4 is 17.3 Å². The van der Waals surface area contributed by atoms with Crippen molar-refractivity contribution in [2.75, 3.05) is 23.7 Å². The molecular formula is C13H17N2O3-. The molecule has 1 heterocycles. The number of nitrogens with zero attached hydrogens (tertiary/aromatic N) is 1. The molecule has 0 aromatic heterocycles. The van der Waals surface area contributed by atoms with Crippen LogP contribution in [-0.4, -0.2) is 31.3 Å². The third-order valence-corrected chi connectivity index (χ3v) is 3.00. The summed E-state index contributed by atoms with van der Waals surface area (Å²) in [5, 5.41) is 11.2. The largest absolute Gasteiger partial charge is 0.545 e. The summed E-state index contributed by atoms with van der Waals surface area (Å²) in [5.74, 6) is -1.20. The number of rotatable bonds is 2. The molecule has 2 N–H and O–H groups in total. The SMILES string of the molecule is C[C@@H]1CN(c2ccc(N)cc2C(=O)[O-])C[C@H](C)O1. The van der Waals surface area contributed by atoms with Gasteiger partial charge in [-0.2, -0.15) is 0 Å². The Bertz CT molecular complexity index is 452. The van der Waals surface area contributed by atoms with Crippen molar-refractivity contribution in [1.29, 1.82) is 0 Å². The fourth-order valence-corrected chi connectivity index (χ4v) is 2.37. The second-order valence-electron chi connectivity index (χ2n) is 4.73. The summed E-state index contributed by atoms with van der Waals surface area (Å²) in [6.45, 7) is 5.26. The number of nitrogens with two attached hydrogens (primary N) is 1. The van der Waals surface area contributed by atoms with Crippen molar-refractivity contribution in [1.82, 2.24) is 0 Å². The van der Waals surface area contributed by atoms with Crippen molar-refractivity contribution in [2.24, 2.45) is 0 Å². The molecule has 1 aliphatic heterocycles. The molecule has 1 aromatic carbocycles. The Morgan fingerprint density at radius 2 is 2.00 bits per heavy atom. The molecule has 0 unspecified atom stereocenters. The number of hydrogen-bond acceptors (Lipinski definition) is 5. The number of nitrogen functional groups attached to an aromatic ring is 1. The zero-order chi connectivity index (χ0) is 13.3. The smallest absolute Gasteiger partial charge is 0.0736 e. The number of carboxylic acid groups (broad SMARTS) is 1. The van der Waals surface area contributed by atoms with Crippen LogP contribution in [0.15, 0.2) is 18.2 Å². The van der Waals surface area contributed by atoms with E-state index in [1.54, 1.807) is 12.1 Å². The Balaban J connectivity index is 2.35. The highest BCUT2D eigenvalue weighted by molar-refractivity contribution is 5.94. The van der Waals surface area contributed by atoms with E-state index >= 15 is 0 Å². The van der Waals surface area contributed by atoms with Crippen LogP contribution >= 0.6 is 0 Å². The number of anilines is 2. The minimum Gasteiger partial charge on any atom is -0.545 e. The maximum Gasteiger partial charge on any atom is 0.0736 e. The fourth-order valence-electron chi connectivity index (χ4n) is 2.37. The topological polar surface area (TPSA) is 78.6 Å². The van der Waals surface area contributed by atoms with Crippen LogP contribution in [0.5, 0.6) is 0 Å². The van der Waals surface area contributed by atoms with E-state index in [0.29, 0.717) is 24.5 Å². The van der Waals surface area contributed by atoms with Crippen molar-refractivity contribution in [3.63, 3.8) is 0 Å². The fraction of sp³-hybridized carbons (Fsp3) is 0.462. The Morgan fingerprint density at radius 3 is 2.56 bits per heavy atom. The molecule has 2 atom stereocenters. The highest BCUT2D eigenvalue weighted by Crippen LogP contribution is 2.26. The first kappa shape index (κ1) is 12.7. The molecule has 0 spiro atoms. The Hall–Kier alpha value is -1.75. The molecular weight excluding hydrogens is 232 g/mol. The summed E-state index contributed by atoms with van der Waals surface area (Å²) in [7, 11) is 0. The molecule has 1 aromatic rings. The van der Waals surface area contributed by atoms with Gasteiger partial charge in [-0.15, -0.1) is 0 Å². The lowest BCUT2D eigenvalue weighted by molar-refractivity contribution is -0.254. The summed E-state index contributed by atoms with van der Waals surface area (Å²) >= 11 is 0. The number of carbonyl (C=O) groups is 1. The van der Waals surface area contributed by atoms with Crippen molar-refractivity contribution in [3.05, 3.63) is 23.8 Å². The highest BCUT2D eigenvalue weighted by Gasteiger charge is 2.24. The van der Waals surface area contributed by atoms with E-state index in [2.05, 4.69) is 0 Å². The summed E-state index contributed by atoms with van der Waals surface area (Å²) in [6, 6.07) is 4.87. The van der Waals surface area contributed by atoms with E-state index in [1.165, 1.54) is 6.07 Å². The van der Waals surface area contributed by atoms with Gasteiger partial charge in [-0.1, -0.05) is 0 Å². The quantitative estimate of drug-likeness (QED) is 0.760. The maximum atomic E-state index is 11.2. The van der Waals surface area contributed by atoms with E-state index in [0.717, 1.165) is 0 Å². The van der Waals surface area contributed by atoms with E-state index in [9.17, 15) is 9.90 Å². The van der Waals surface area contributed by atoms with Gasteiger partial charge in [0.1, 0.15) is 0 Å². The van der Waals surface area contributed by atoms with Crippen LogP contribution in [0.3, 0.4) is 0 Å². The standard InChI is InChI=1S/C13H18N2O3/c1-8-6-15(7-9(2)18-8)12-4-3-10(14)5-11(12)13(16)17/h3-5,8-9H,6-7,14H2,1-2H3,(H,16,17)/p-1/t8-,9+. The summed E-state index contributed by atoms with van der Waals surface area (Å²) in [5.41, 5.74) is 6.82. The third-order valence-electron chi connectivity index (χ3n) is 3.00. The van der Waals surface area contributed by atoms with Gasteiger partial charge >= 0.3 is 0 Å². The molecule has 98 valence electrons. The number of aromatic carboxylic acids is 1. The lowest BCUT2D eigenvalue weighted by atomic mass is 10.1. The average molecular weight is 249 g/mol. The van der Waals surface area contributed by atoms with Gasteiger partial charge in [-0.25, -0.2) is 0 Å². The van der Waals surface area contributed by atoms with Crippen LogP contribution in [-0.2, 0) is 4.74 Å². The van der Waals surface area contributed by atoms with E-state index < -0.39 is 5.97 Å². The van der Waals surface area contributed by atoms with Crippen molar-refractivity contribution in [2.45, 2.75) is 26.1 Å². The highest BCUT2D eigenvalue weighted by atomic mass is 16.5. The molecule has 0 saturated carbocycles. The van der Waals surface area contributed by atoms with Gasteiger partial charge in [0.25, 0.3) is 0 Å². The molecule has 1 fully saturated rings. The molecule has 0 amide bonds. The van der Waals surface area contributed by atoms with Gasteiger partial charge < -0.3 is 25.3 Å².